The number of carbonyl (C=O) groups is 1. The minimum Gasteiger partial charge on any atom is -0.494 e. The van der Waals surface area contributed by atoms with Crippen LogP contribution in [-0.2, 0) is 12.1 Å². The Morgan fingerprint density at radius 2 is 1.72 bits per heavy atom. The van der Waals surface area contributed by atoms with E-state index in [9.17, 15) is 4.79 Å². The first-order valence-corrected chi connectivity index (χ1v) is 11.3. The molecule has 4 rings (SSSR count). The van der Waals surface area contributed by atoms with Gasteiger partial charge in [0.2, 0.25) is 0 Å². The molecule has 1 aliphatic heterocycles. The van der Waals surface area contributed by atoms with Gasteiger partial charge in [0, 0.05) is 12.2 Å². The topological polar surface area (TPSA) is 41.6 Å². The van der Waals surface area contributed by atoms with Crippen molar-refractivity contribution in [3.63, 3.8) is 0 Å². The zero-order valence-corrected chi connectivity index (χ0v) is 18.6. The van der Waals surface area contributed by atoms with Crippen LogP contribution < -0.4 is 10.1 Å². The minimum atomic E-state index is -0.633. The molecule has 1 aliphatic rings. The normalized spacial score (nSPS) is 17.4. The summed E-state index contributed by atoms with van der Waals surface area (Å²) in [6.07, 6.45) is 4.46. The van der Waals surface area contributed by atoms with Gasteiger partial charge in [-0.2, -0.15) is 0 Å². The Balaban J connectivity index is 1.50. The zero-order valence-electron chi connectivity index (χ0n) is 18.6. The minimum absolute atomic E-state index is 0.0161. The first kappa shape index (κ1) is 21.7. The molecular weight excluding hydrogens is 396 g/mol. The second kappa shape index (κ2) is 9.73. The number of nitrogens with one attached hydrogen (secondary N) is 1. The third kappa shape index (κ3) is 4.26. The number of nitrogens with zero attached hydrogens (tertiary/aromatic N) is 1. The van der Waals surface area contributed by atoms with E-state index in [-0.39, 0.29) is 5.91 Å². The van der Waals surface area contributed by atoms with Gasteiger partial charge in [0.15, 0.2) is 0 Å². The molecule has 0 spiro atoms. The van der Waals surface area contributed by atoms with Crippen molar-refractivity contribution < 1.29 is 9.53 Å². The van der Waals surface area contributed by atoms with E-state index in [0.717, 1.165) is 36.3 Å². The largest absolute Gasteiger partial charge is 0.494 e. The lowest BCUT2D eigenvalue weighted by Gasteiger charge is -2.48. The van der Waals surface area contributed by atoms with E-state index in [4.69, 9.17) is 4.74 Å². The van der Waals surface area contributed by atoms with Crippen molar-refractivity contribution in [2.24, 2.45) is 0 Å². The van der Waals surface area contributed by atoms with Crippen molar-refractivity contribution in [3.05, 3.63) is 108 Å². The quantitative estimate of drug-likeness (QED) is 0.336. The molecule has 1 unspecified atom stereocenters. The van der Waals surface area contributed by atoms with E-state index in [1.807, 2.05) is 47.4 Å². The molecule has 1 amide bonds. The van der Waals surface area contributed by atoms with E-state index in [1.54, 1.807) is 6.08 Å². The predicted octanol–water partition coefficient (Wildman–Crippen LogP) is 6.01. The van der Waals surface area contributed by atoms with Gasteiger partial charge in [-0.25, -0.2) is 0 Å². The average molecular weight is 427 g/mol. The van der Waals surface area contributed by atoms with Crippen molar-refractivity contribution in [2.75, 3.05) is 18.5 Å². The van der Waals surface area contributed by atoms with Crippen LogP contribution in [0.3, 0.4) is 0 Å². The number of ether oxygens (including phenoxy) is 1. The highest BCUT2D eigenvalue weighted by Gasteiger charge is 2.44. The van der Waals surface area contributed by atoms with Crippen molar-refractivity contribution in [1.29, 1.82) is 0 Å². The molecule has 0 radical (unpaired) electrons. The number of para-hydroxylation sites is 1. The Hall–Kier alpha value is -3.53. The lowest BCUT2D eigenvalue weighted by Crippen LogP contribution is -2.57. The van der Waals surface area contributed by atoms with E-state index in [0.29, 0.717) is 18.7 Å². The number of hydrogen-bond donors (Lipinski definition) is 1. The highest BCUT2D eigenvalue weighted by Crippen LogP contribution is 2.40. The number of amides is 1. The van der Waals surface area contributed by atoms with E-state index in [1.165, 1.54) is 5.56 Å². The zero-order chi connectivity index (χ0) is 22.4. The summed E-state index contributed by atoms with van der Waals surface area (Å²) in [5.41, 5.74) is 3.27. The molecule has 3 aromatic rings. The third-order valence-electron chi connectivity index (χ3n) is 6.08. The van der Waals surface area contributed by atoms with Gasteiger partial charge in [-0.05, 0) is 54.7 Å². The maximum Gasteiger partial charge on any atom is 0.258 e. The monoisotopic (exact) mass is 426 g/mol. The fourth-order valence-electron chi connectivity index (χ4n) is 4.40. The summed E-state index contributed by atoms with van der Waals surface area (Å²) in [5, 5.41) is 3.65. The van der Waals surface area contributed by atoms with Crippen LogP contribution in [0.25, 0.3) is 0 Å². The Bertz CT molecular complexity index is 1060. The van der Waals surface area contributed by atoms with Crippen LogP contribution in [-0.4, -0.2) is 24.0 Å². The van der Waals surface area contributed by atoms with E-state index < -0.39 is 5.66 Å². The number of anilines is 1. The summed E-state index contributed by atoms with van der Waals surface area (Å²) in [6.45, 7) is 7.10. The number of aryl methyl sites for hydroxylation is 1. The molecule has 0 aromatic heterocycles. The third-order valence-corrected chi connectivity index (χ3v) is 6.08. The SMILES string of the molecule is C=CCN1C(=O)c2ccccc2NC1(CC)c1ccc(OCCCc2ccccc2)cc1. The van der Waals surface area contributed by atoms with Crippen molar-refractivity contribution in [1.82, 2.24) is 4.90 Å². The van der Waals surface area contributed by atoms with Gasteiger partial charge in [-0.1, -0.05) is 67.6 Å². The first-order valence-electron chi connectivity index (χ1n) is 11.3. The fourth-order valence-corrected chi connectivity index (χ4v) is 4.40. The highest BCUT2D eigenvalue weighted by molar-refractivity contribution is 6.02. The van der Waals surface area contributed by atoms with E-state index in [2.05, 4.69) is 55.2 Å². The summed E-state index contributed by atoms with van der Waals surface area (Å²) >= 11 is 0. The molecule has 0 aliphatic carbocycles. The summed E-state index contributed by atoms with van der Waals surface area (Å²) < 4.78 is 5.97. The smallest absolute Gasteiger partial charge is 0.258 e. The Morgan fingerprint density at radius 3 is 2.44 bits per heavy atom. The number of carbonyl (C=O) groups excluding carboxylic acids is 1. The van der Waals surface area contributed by atoms with Gasteiger partial charge in [0.05, 0.1) is 12.2 Å². The molecule has 4 heteroatoms. The van der Waals surface area contributed by atoms with Gasteiger partial charge >= 0.3 is 0 Å². The Kier molecular flexibility index (Phi) is 6.60. The van der Waals surface area contributed by atoms with Crippen LogP contribution in [0.4, 0.5) is 5.69 Å². The number of fused-ring (bicyclic) bond motifs is 1. The predicted molar refractivity (Wildman–Crippen MR) is 130 cm³/mol. The molecule has 0 fully saturated rings. The lowest BCUT2D eigenvalue weighted by molar-refractivity contribution is 0.0524. The van der Waals surface area contributed by atoms with Crippen LogP contribution >= 0.6 is 0 Å². The van der Waals surface area contributed by atoms with Crippen LogP contribution in [0.2, 0.25) is 0 Å². The van der Waals surface area contributed by atoms with Gasteiger partial charge in [-0.3, -0.25) is 4.79 Å². The molecule has 1 atom stereocenters. The summed E-state index contributed by atoms with van der Waals surface area (Å²) in [7, 11) is 0. The second-order valence-corrected chi connectivity index (χ2v) is 8.05. The van der Waals surface area contributed by atoms with E-state index >= 15 is 0 Å². The molecule has 0 saturated heterocycles. The molecule has 0 bridgehead atoms. The van der Waals surface area contributed by atoms with Crippen LogP contribution in [0.15, 0.2) is 91.5 Å². The maximum absolute atomic E-state index is 13.3. The summed E-state index contributed by atoms with van der Waals surface area (Å²) in [4.78, 5) is 15.2. The Labute approximate surface area is 190 Å². The highest BCUT2D eigenvalue weighted by atomic mass is 16.5. The fraction of sp³-hybridized carbons (Fsp3) is 0.250. The lowest BCUT2D eigenvalue weighted by atomic mass is 9.89. The van der Waals surface area contributed by atoms with Crippen LogP contribution in [0, 0.1) is 0 Å². The Morgan fingerprint density at radius 1 is 1.00 bits per heavy atom. The van der Waals surface area contributed by atoms with Crippen molar-refractivity contribution in [2.45, 2.75) is 31.8 Å². The first-order chi connectivity index (χ1) is 15.7. The van der Waals surface area contributed by atoms with Crippen LogP contribution in [0.5, 0.6) is 5.75 Å². The van der Waals surface area contributed by atoms with Crippen molar-refractivity contribution in [3.8, 4) is 5.75 Å². The molecule has 0 saturated carbocycles. The van der Waals surface area contributed by atoms with Gasteiger partial charge in [0.1, 0.15) is 11.4 Å². The number of benzene rings is 3. The summed E-state index contributed by atoms with van der Waals surface area (Å²) in [6, 6.07) is 26.2. The molecule has 4 nitrogen and oxygen atoms in total. The average Bonchev–Trinajstić information content (AvgIpc) is 2.85. The summed E-state index contributed by atoms with van der Waals surface area (Å²) in [5.74, 6) is 0.855. The molecule has 164 valence electrons. The molecular formula is C28H30N2O2. The van der Waals surface area contributed by atoms with Gasteiger partial charge in [-0.15, -0.1) is 6.58 Å². The molecule has 32 heavy (non-hydrogen) atoms. The van der Waals surface area contributed by atoms with Crippen molar-refractivity contribution >= 4 is 11.6 Å². The van der Waals surface area contributed by atoms with Crippen LogP contribution in [0.1, 0.15) is 41.3 Å². The number of hydrogen-bond acceptors (Lipinski definition) is 3. The molecule has 3 aromatic carbocycles. The van der Waals surface area contributed by atoms with Gasteiger partial charge in [0.25, 0.3) is 5.91 Å². The molecule has 1 heterocycles. The maximum atomic E-state index is 13.3. The van der Waals surface area contributed by atoms with Gasteiger partial charge < -0.3 is 15.0 Å². The number of rotatable bonds is 9. The second-order valence-electron chi connectivity index (χ2n) is 8.05. The molecule has 1 N–H and O–H groups in total. The standard InChI is InChI=1S/C28H30N2O2/c1-3-20-30-27(31)25-14-8-9-15-26(25)29-28(30,4-2)23-16-18-24(19-17-23)32-21-10-13-22-11-6-5-7-12-22/h3,5-9,11-12,14-19,29H,1,4,10,13,20-21H2,2H3.